The van der Waals surface area contributed by atoms with Crippen LogP contribution in [0, 0.1) is 17.1 Å². The lowest BCUT2D eigenvalue weighted by molar-refractivity contribution is 0.407. The van der Waals surface area contributed by atoms with Crippen LogP contribution in [0.2, 0.25) is 0 Å². The standard InChI is InChI=1S/C26H25FN6S/c1-31-12-3-6-25(31)18-32(26(34)30-23-5-2-4-22(27)14-23)13-11-24-16-29-19-33(24)17-21-9-7-20(15-28)8-10-21/h2-10,12,14,16,19H,11,13,17-18H2,1H3,(H,30,34). The van der Waals surface area contributed by atoms with Crippen LogP contribution in [0.4, 0.5) is 10.1 Å². The van der Waals surface area contributed by atoms with E-state index in [1.165, 1.54) is 12.1 Å². The summed E-state index contributed by atoms with van der Waals surface area (Å²) >= 11 is 5.71. The highest BCUT2D eigenvalue weighted by molar-refractivity contribution is 7.80. The Bertz CT molecular complexity index is 1300. The van der Waals surface area contributed by atoms with Crippen molar-refractivity contribution in [1.29, 1.82) is 5.26 Å². The number of aryl methyl sites for hydroxylation is 1. The molecular formula is C26H25FN6S. The number of halogens is 1. The van der Waals surface area contributed by atoms with Crippen LogP contribution < -0.4 is 5.32 Å². The Morgan fingerprint density at radius 1 is 1.15 bits per heavy atom. The monoisotopic (exact) mass is 472 g/mol. The highest BCUT2D eigenvalue weighted by Crippen LogP contribution is 2.14. The van der Waals surface area contributed by atoms with Gasteiger partial charge in [-0.2, -0.15) is 5.26 Å². The van der Waals surface area contributed by atoms with E-state index >= 15 is 0 Å². The van der Waals surface area contributed by atoms with E-state index in [1.807, 2.05) is 56.1 Å². The van der Waals surface area contributed by atoms with Crippen molar-refractivity contribution < 1.29 is 4.39 Å². The molecule has 0 spiro atoms. The molecule has 2 aromatic heterocycles. The summed E-state index contributed by atoms with van der Waals surface area (Å²) in [5, 5.41) is 12.7. The summed E-state index contributed by atoms with van der Waals surface area (Å²) in [5.74, 6) is -0.312. The van der Waals surface area contributed by atoms with E-state index in [9.17, 15) is 4.39 Å². The topological polar surface area (TPSA) is 61.8 Å². The van der Waals surface area contributed by atoms with E-state index in [0.29, 0.717) is 36.0 Å². The van der Waals surface area contributed by atoms with Crippen molar-refractivity contribution in [2.45, 2.75) is 19.5 Å². The van der Waals surface area contributed by atoms with Gasteiger partial charge in [-0.3, -0.25) is 0 Å². The zero-order chi connectivity index (χ0) is 23.9. The van der Waals surface area contributed by atoms with Gasteiger partial charge in [0.2, 0.25) is 0 Å². The van der Waals surface area contributed by atoms with Gasteiger partial charge in [0.1, 0.15) is 5.82 Å². The first-order chi connectivity index (χ1) is 16.5. The molecule has 1 N–H and O–H groups in total. The Hall–Kier alpha value is -3.96. The fourth-order valence-corrected chi connectivity index (χ4v) is 3.98. The first-order valence-corrected chi connectivity index (χ1v) is 11.3. The molecule has 0 aliphatic rings. The molecule has 0 fully saturated rings. The van der Waals surface area contributed by atoms with Gasteiger partial charge in [-0.25, -0.2) is 9.37 Å². The second-order valence-electron chi connectivity index (χ2n) is 8.04. The fraction of sp³-hybridized carbons (Fsp3) is 0.192. The number of anilines is 1. The average molecular weight is 473 g/mol. The maximum Gasteiger partial charge on any atom is 0.173 e. The Kier molecular flexibility index (Phi) is 7.35. The van der Waals surface area contributed by atoms with Gasteiger partial charge in [0.25, 0.3) is 0 Å². The predicted molar refractivity (Wildman–Crippen MR) is 135 cm³/mol. The highest BCUT2D eigenvalue weighted by atomic mass is 32.1. The number of nitriles is 1. The Balaban J connectivity index is 1.47. The number of nitrogens with zero attached hydrogens (tertiary/aromatic N) is 5. The minimum atomic E-state index is -0.312. The van der Waals surface area contributed by atoms with Crippen LogP contribution in [0.25, 0.3) is 0 Å². The van der Waals surface area contributed by atoms with Crippen molar-refractivity contribution in [3.63, 3.8) is 0 Å². The zero-order valence-corrected chi connectivity index (χ0v) is 19.7. The molecule has 4 aromatic rings. The first kappa shape index (κ1) is 23.2. The van der Waals surface area contributed by atoms with E-state index in [4.69, 9.17) is 17.5 Å². The Labute approximate surface area is 203 Å². The van der Waals surface area contributed by atoms with Crippen molar-refractivity contribution in [1.82, 2.24) is 19.0 Å². The molecular weight excluding hydrogens is 447 g/mol. The van der Waals surface area contributed by atoms with Crippen molar-refractivity contribution in [2.24, 2.45) is 7.05 Å². The number of rotatable bonds is 8. The zero-order valence-electron chi connectivity index (χ0n) is 18.9. The quantitative estimate of drug-likeness (QED) is 0.376. The number of aromatic nitrogens is 3. The van der Waals surface area contributed by atoms with Gasteiger partial charge in [0.15, 0.2) is 5.11 Å². The summed E-state index contributed by atoms with van der Waals surface area (Å²) in [4.78, 5) is 6.42. The summed E-state index contributed by atoms with van der Waals surface area (Å²) < 4.78 is 17.8. The molecule has 0 bridgehead atoms. The highest BCUT2D eigenvalue weighted by Gasteiger charge is 2.14. The summed E-state index contributed by atoms with van der Waals surface area (Å²) in [6, 6.07) is 20.1. The fourth-order valence-electron chi connectivity index (χ4n) is 3.71. The SMILES string of the molecule is Cn1cccc1CN(CCc1cncn1Cc1ccc(C#N)cc1)C(=S)Nc1cccc(F)c1. The molecule has 0 aliphatic heterocycles. The lowest BCUT2D eigenvalue weighted by Gasteiger charge is -2.26. The van der Waals surface area contributed by atoms with Gasteiger partial charge >= 0.3 is 0 Å². The molecule has 2 aromatic carbocycles. The average Bonchev–Trinajstić information content (AvgIpc) is 3.45. The number of benzene rings is 2. The molecule has 0 atom stereocenters. The lowest BCUT2D eigenvalue weighted by Crippen LogP contribution is -2.36. The van der Waals surface area contributed by atoms with E-state index in [1.54, 1.807) is 12.1 Å². The van der Waals surface area contributed by atoms with Crippen LogP contribution in [0.3, 0.4) is 0 Å². The molecule has 4 rings (SSSR count). The van der Waals surface area contributed by atoms with Crippen molar-refractivity contribution in [3.8, 4) is 6.07 Å². The number of hydrogen-bond donors (Lipinski definition) is 1. The largest absolute Gasteiger partial charge is 0.353 e. The summed E-state index contributed by atoms with van der Waals surface area (Å²) in [5.41, 5.74) is 4.56. The smallest absolute Gasteiger partial charge is 0.173 e. The van der Waals surface area contributed by atoms with Crippen LogP contribution >= 0.6 is 12.2 Å². The molecule has 0 amide bonds. The van der Waals surface area contributed by atoms with Crippen molar-refractivity contribution in [2.75, 3.05) is 11.9 Å². The van der Waals surface area contributed by atoms with Crippen LogP contribution in [0.1, 0.15) is 22.5 Å². The minimum absolute atomic E-state index is 0.312. The summed E-state index contributed by atoms with van der Waals surface area (Å²) in [6.07, 6.45) is 6.42. The second-order valence-corrected chi connectivity index (χ2v) is 8.43. The van der Waals surface area contributed by atoms with Crippen molar-refractivity contribution in [3.05, 3.63) is 108 Å². The molecule has 8 heteroatoms. The number of hydrogen-bond acceptors (Lipinski definition) is 3. The molecule has 0 saturated carbocycles. The van der Waals surface area contributed by atoms with Crippen molar-refractivity contribution >= 4 is 23.0 Å². The molecule has 0 radical (unpaired) electrons. The van der Waals surface area contributed by atoms with Gasteiger partial charge in [-0.05, 0) is 60.2 Å². The molecule has 172 valence electrons. The normalized spacial score (nSPS) is 10.6. The molecule has 2 heterocycles. The van der Waals surface area contributed by atoms with Crippen LogP contribution in [0.15, 0.2) is 79.4 Å². The third-order valence-electron chi connectivity index (χ3n) is 5.64. The third kappa shape index (κ3) is 5.88. The molecule has 0 saturated heterocycles. The number of nitrogens with one attached hydrogen (secondary N) is 1. The Morgan fingerprint density at radius 3 is 2.68 bits per heavy atom. The molecule has 34 heavy (non-hydrogen) atoms. The van der Waals surface area contributed by atoms with Gasteiger partial charge in [-0.1, -0.05) is 18.2 Å². The summed E-state index contributed by atoms with van der Waals surface area (Å²) in [6.45, 7) is 1.95. The van der Waals surface area contributed by atoms with E-state index < -0.39 is 0 Å². The Morgan fingerprint density at radius 2 is 1.97 bits per heavy atom. The van der Waals surface area contributed by atoms with Crippen LogP contribution in [-0.2, 0) is 26.6 Å². The second kappa shape index (κ2) is 10.8. The third-order valence-corrected chi connectivity index (χ3v) is 6.00. The summed E-state index contributed by atoms with van der Waals surface area (Å²) in [7, 11) is 2.00. The lowest BCUT2D eigenvalue weighted by atomic mass is 10.1. The maximum atomic E-state index is 13.7. The van der Waals surface area contributed by atoms with Gasteiger partial charge in [0, 0.05) is 56.0 Å². The van der Waals surface area contributed by atoms with Gasteiger partial charge in [0.05, 0.1) is 24.5 Å². The van der Waals surface area contributed by atoms with Crippen LogP contribution in [-0.4, -0.2) is 30.7 Å². The van der Waals surface area contributed by atoms with E-state index in [0.717, 1.165) is 23.4 Å². The van der Waals surface area contributed by atoms with Gasteiger partial charge < -0.3 is 19.4 Å². The minimum Gasteiger partial charge on any atom is -0.353 e. The number of imidazole rings is 1. The van der Waals surface area contributed by atoms with E-state index in [2.05, 4.69) is 36.5 Å². The predicted octanol–water partition coefficient (Wildman–Crippen LogP) is 4.72. The van der Waals surface area contributed by atoms with Gasteiger partial charge in [-0.15, -0.1) is 0 Å². The maximum absolute atomic E-state index is 13.7. The molecule has 0 aliphatic carbocycles. The van der Waals surface area contributed by atoms with E-state index in [-0.39, 0.29) is 5.82 Å². The molecule has 0 unspecified atom stereocenters. The van der Waals surface area contributed by atoms with Crippen LogP contribution in [0.5, 0.6) is 0 Å². The number of thiocarbonyl (C=S) groups is 1. The first-order valence-electron chi connectivity index (χ1n) is 10.9. The molecule has 6 nitrogen and oxygen atoms in total.